The maximum Gasteiger partial charge on any atom is 0.306 e. The molecule has 1 aromatic rings. The molecule has 2 amide bonds. The highest BCUT2D eigenvalue weighted by Crippen LogP contribution is 2.20. The van der Waals surface area contributed by atoms with Crippen molar-refractivity contribution in [2.45, 2.75) is 59.6 Å². The maximum atomic E-state index is 13.0. The number of carbonyl (C=O) groups excluding carboxylic acids is 4. The van der Waals surface area contributed by atoms with Crippen molar-refractivity contribution in [2.75, 3.05) is 18.6 Å². The number of hydrogen-bond donors (Lipinski definition) is 2. The van der Waals surface area contributed by atoms with Crippen molar-refractivity contribution < 1.29 is 23.9 Å². The van der Waals surface area contributed by atoms with Crippen LogP contribution in [0.1, 0.15) is 52.5 Å². The van der Waals surface area contributed by atoms with Crippen LogP contribution in [-0.4, -0.2) is 48.2 Å². The predicted molar refractivity (Wildman–Crippen MR) is 132 cm³/mol. The van der Waals surface area contributed by atoms with Crippen molar-refractivity contribution in [1.82, 2.24) is 10.6 Å². The Hall–Kier alpha value is -2.35. The zero-order chi connectivity index (χ0) is 24.8. The number of thioether (sulfide) groups is 1. The van der Waals surface area contributed by atoms with E-state index >= 15 is 0 Å². The van der Waals surface area contributed by atoms with Gasteiger partial charge in [-0.1, -0.05) is 51.1 Å². The summed E-state index contributed by atoms with van der Waals surface area (Å²) in [4.78, 5) is 49.2. The Morgan fingerprint density at radius 1 is 1.06 bits per heavy atom. The van der Waals surface area contributed by atoms with Gasteiger partial charge in [-0.05, 0) is 35.8 Å². The summed E-state index contributed by atoms with van der Waals surface area (Å²) >= 11 is 1.61. The van der Waals surface area contributed by atoms with Gasteiger partial charge in [0.1, 0.15) is 6.61 Å². The zero-order valence-corrected chi connectivity index (χ0v) is 21.2. The normalized spacial score (nSPS) is 13.6. The minimum absolute atomic E-state index is 0.0332. The molecule has 33 heavy (non-hydrogen) atoms. The SMILES string of the molecule is CSCC(C)[C@H](NC(C)=O)C(=O)C[C@H](C(=O)NCCCC(=O)OCc1ccccc1)C(C)C. The van der Waals surface area contributed by atoms with E-state index in [0.29, 0.717) is 13.0 Å². The molecule has 0 aliphatic rings. The predicted octanol–water partition coefficient (Wildman–Crippen LogP) is 3.36. The number of nitrogens with one attached hydrogen (secondary N) is 2. The number of Topliss-reactive ketones (excluding diaryl/α,β-unsaturated/α-hetero) is 1. The molecule has 1 aromatic carbocycles. The third kappa shape index (κ3) is 11.4. The van der Waals surface area contributed by atoms with Crippen LogP contribution in [0.2, 0.25) is 0 Å². The highest BCUT2D eigenvalue weighted by atomic mass is 32.2. The van der Waals surface area contributed by atoms with Gasteiger partial charge in [0.2, 0.25) is 11.8 Å². The fourth-order valence-corrected chi connectivity index (χ4v) is 4.20. The van der Waals surface area contributed by atoms with Crippen LogP contribution in [0.4, 0.5) is 0 Å². The maximum absolute atomic E-state index is 13.0. The number of carbonyl (C=O) groups is 4. The van der Waals surface area contributed by atoms with Crippen molar-refractivity contribution in [3.05, 3.63) is 35.9 Å². The summed E-state index contributed by atoms with van der Waals surface area (Å²) in [5.41, 5.74) is 0.924. The molecule has 7 nitrogen and oxygen atoms in total. The molecule has 0 fully saturated rings. The lowest BCUT2D eigenvalue weighted by molar-refractivity contribution is -0.145. The van der Waals surface area contributed by atoms with Crippen LogP contribution >= 0.6 is 11.8 Å². The molecule has 0 aliphatic heterocycles. The van der Waals surface area contributed by atoms with Crippen LogP contribution in [0.5, 0.6) is 0 Å². The van der Waals surface area contributed by atoms with Crippen molar-refractivity contribution in [3.8, 4) is 0 Å². The highest BCUT2D eigenvalue weighted by Gasteiger charge is 2.31. The molecule has 184 valence electrons. The monoisotopic (exact) mass is 478 g/mol. The van der Waals surface area contributed by atoms with Gasteiger partial charge in [0, 0.05) is 32.2 Å². The van der Waals surface area contributed by atoms with Crippen molar-refractivity contribution in [1.29, 1.82) is 0 Å². The Balaban J connectivity index is 2.51. The molecule has 0 saturated heterocycles. The van der Waals surface area contributed by atoms with Gasteiger partial charge in [0.15, 0.2) is 5.78 Å². The number of amides is 2. The van der Waals surface area contributed by atoms with E-state index in [1.54, 1.807) is 11.8 Å². The third-order valence-corrected chi connectivity index (χ3v) is 6.23. The Bertz CT molecular complexity index is 769. The van der Waals surface area contributed by atoms with Gasteiger partial charge in [-0.2, -0.15) is 11.8 Å². The van der Waals surface area contributed by atoms with Crippen LogP contribution in [0.3, 0.4) is 0 Å². The Kier molecular flexibility index (Phi) is 13.5. The summed E-state index contributed by atoms with van der Waals surface area (Å²) in [6.07, 6.45) is 2.67. The molecule has 0 heterocycles. The second-order valence-corrected chi connectivity index (χ2v) is 9.58. The first kappa shape index (κ1) is 28.7. The number of ketones is 1. The van der Waals surface area contributed by atoms with Crippen molar-refractivity contribution in [2.24, 2.45) is 17.8 Å². The van der Waals surface area contributed by atoms with Gasteiger partial charge in [-0.3, -0.25) is 19.2 Å². The molecule has 3 atom stereocenters. The lowest BCUT2D eigenvalue weighted by Crippen LogP contribution is -2.47. The van der Waals surface area contributed by atoms with Crippen LogP contribution in [0.25, 0.3) is 0 Å². The van der Waals surface area contributed by atoms with Crippen molar-refractivity contribution in [3.63, 3.8) is 0 Å². The molecule has 1 unspecified atom stereocenters. The first-order chi connectivity index (χ1) is 15.6. The summed E-state index contributed by atoms with van der Waals surface area (Å²) in [6, 6.07) is 8.84. The minimum Gasteiger partial charge on any atom is -0.461 e. The second-order valence-electron chi connectivity index (χ2n) is 8.67. The lowest BCUT2D eigenvalue weighted by atomic mass is 9.85. The summed E-state index contributed by atoms with van der Waals surface area (Å²) in [6.45, 7) is 7.68. The summed E-state index contributed by atoms with van der Waals surface area (Å²) in [5, 5.41) is 5.59. The Morgan fingerprint density at radius 2 is 1.73 bits per heavy atom. The average molecular weight is 479 g/mol. The molecule has 0 spiro atoms. The van der Waals surface area contributed by atoms with E-state index in [9.17, 15) is 19.2 Å². The fraction of sp³-hybridized carbons (Fsp3) is 0.600. The van der Waals surface area contributed by atoms with E-state index in [1.165, 1.54) is 6.92 Å². The molecular formula is C25H38N2O5S. The summed E-state index contributed by atoms with van der Waals surface area (Å²) < 4.78 is 5.24. The molecule has 1 rings (SSSR count). The average Bonchev–Trinajstić information content (AvgIpc) is 2.77. The van der Waals surface area contributed by atoms with E-state index < -0.39 is 12.0 Å². The van der Waals surface area contributed by atoms with Gasteiger partial charge in [-0.15, -0.1) is 0 Å². The fourth-order valence-electron chi connectivity index (χ4n) is 3.48. The first-order valence-corrected chi connectivity index (χ1v) is 12.8. The third-order valence-electron chi connectivity index (χ3n) is 5.37. The quantitative estimate of drug-likeness (QED) is 0.296. The molecule has 2 N–H and O–H groups in total. The molecule has 0 radical (unpaired) electrons. The molecular weight excluding hydrogens is 440 g/mol. The van der Waals surface area contributed by atoms with Crippen LogP contribution in [0.15, 0.2) is 30.3 Å². The molecule has 0 aromatic heterocycles. The van der Waals surface area contributed by atoms with Crippen LogP contribution in [0, 0.1) is 17.8 Å². The van der Waals surface area contributed by atoms with Crippen molar-refractivity contribution >= 4 is 35.3 Å². The lowest BCUT2D eigenvalue weighted by Gasteiger charge is -2.26. The van der Waals surface area contributed by atoms with E-state index in [-0.39, 0.29) is 54.9 Å². The number of esters is 1. The number of benzene rings is 1. The van der Waals surface area contributed by atoms with Gasteiger partial charge >= 0.3 is 5.97 Å². The minimum atomic E-state index is -0.608. The first-order valence-electron chi connectivity index (χ1n) is 11.4. The highest BCUT2D eigenvalue weighted by molar-refractivity contribution is 7.98. The molecule has 0 bridgehead atoms. The molecule has 8 heteroatoms. The number of rotatable bonds is 15. The van der Waals surface area contributed by atoms with Gasteiger partial charge in [0.25, 0.3) is 0 Å². The number of hydrogen-bond acceptors (Lipinski definition) is 6. The number of ether oxygens (including phenoxy) is 1. The van der Waals surface area contributed by atoms with E-state index in [2.05, 4.69) is 10.6 Å². The van der Waals surface area contributed by atoms with Gasteiger partial charge in [-0.25, -0.2) is 0 Å². The summed E-state index contributed by atoms with van der Waals surface area (Å²) in [5.74, 6) is -0.765. The summed E-state index contributed by atoms with van der Waals surface area (Å²) in [7, 11) is 0. The van der Waals surface area contributed by atoms with Crippen LogP contribution < -0.4 is 10.6 Å². The largest absolute Gasteiger partial charge is 0.461 e. The topological polar surface area (TPSA) is 102 Å². The van der Waals surface area contributed by atoms with Gasteiger partial charge in [0.05, 0.1) is 6.04 Å². The molecule has 0 saturated carbocycles. The van der Waals surface area contributed by atoms with E-state index in [0.717, 1.165) is 11.3 Å². The Labute approximate surface area is 201 Å². The van der Waals surface area contributed by atoms with Crippen LogP contribution in [-0.2, 0) is 30.5 Å². The second kappa shape index (κ2) is 15.5. The van der Waals surface area contributed by atoms with E-state index in [1.807, 2.05) is 57.4 Å². The zero-order valence-electron chi connectivity index (χ0n) is 20.4. The molecule has 0 aliphatic carbocycles. The standard InChI is InChI=1S/C25H38N2O5S/c1-17(2)21(14-22(29)24(27-19(4)28)18(3)16-33-5)25(31)26-13-9-12-23(30)32-15-20-10-7-6-8-11-20/h6-8,10-11,17-18,21,24H,9,12-16H2,1-5H3,(H,26,31)(H,27,28)/t18?,21-,24-/m0/s1. The Morgan fingerprint density at radius 3 is 2.30 bits per heavy atom. The van der Waals surface area contributed by atoms with Gasteiger partial charge < -0.3 is 15.4 Å². The smallest absolute Gasteiger partial charge is 0.306 e. The van der Waals surface area contributed by atoms with E-state index in [4.69, 9.17) is 4.74 Å².